The third-order valence-electron chi connectivity index (χ3n) is 5.39. The van der Waals surface area contributed by atoms with Gasteiger partial charge in [0.25, 0.3) is 15.9 Å². The van der Waals surface area contributed by atoms with Gasteiger partial charge in [-0.05, 0) is 49.2 Å². The molecule has 3 aromatic carbocycles. The van der Waals surface area contributed by atoms with Gasteiger partial charge >= 0.3 is 0 Å². The van der Waals surface area contributed by atoms with Crippen molar-refractivity contribution < 1.29 is 22.7 Å². The minimum Gasteiger partial charge on any atom is -0.486 e. The molecule has 0 fully saturated rings. The zero-order chi connectivity index (χ0) is 23.4. The fourth-order valence-corrected chi connectivity index (χ4v) is 4.65. The van der Waals surface area contributed by atoms with Crippen LogP contribution in [0.4, 0.5) is 5.69 Å². The molecule has 1 aliphatic heterocycles. The van der Waals surface area contributed by atoms with Crippen molar-refractivity contribution in [2.45, 2.75) is 31.2 Å². The third-order valence-corrected chi connectivity index (χ3v) is 6.77. The first-order valence-electron chi connectivity index (χ1n) is 10.8. The molecular weight excluding hydrogens is 440 g/mol. The molecule has 2 N–H and O–H groups in total. The molecule has 33 heavy (non-hydrogen) atoms. The number of nitrogens with one attached hydrogen (secondary N) is 2. The minimum absolute atomic E-state index is 0.0482. The highest BCUT2D eigenvalue weighted by Crippen LogP contribution is 2.32. The average molecular weight is 467 g/mol. The van der Waals surface area contributed by atoms with E-state index < -0.39 is 10.0 Å². The molecule has 1 atom stereocenters. The fraction of sp³-hybridized carbons (Fsp3) is 0.240. The van der Waals surface area contributed by atoms with Crippen LogP contribution in [0.5, 0.6) is 11.5 Å². The summed E-state index contributed by atoms with van der Waals surface area (Å²) in [4.78, 5) is 12.9. The molecule has 1 heterocycles. The van der Waals surface area contributed by atoms with Crippen LogP contribution in [0, 0.1) is 6.92 Å². The number of ether oxygens (including phenoxy) is 2. The van der Waals surface area contributed by atoms with Crippen molar-refractivity contribution in [3.05, 3.63) is 83.4 Å². The highest BCUT2D eigenvalue weighted by molar-refractivity contribution is 7.92. The van der Waals surface area contributed by atoms with Crippen molar-refractivity contribution in [2.75, 3.05) is 17.9 Å². The van der Waals surface area contributed by atoms with Gasteiger partial charge in [0.05, 0.1) is 10.9 Å². The maximum absolute atomic E-state index is 12.9. The van der Waals surface area contributed by atoms with Crippen molar-refractivity contribution >= 4 is 21.6 Å². The standard InChI is InChI=1S/C25H26N2O5S/c1-3-22(18-9-7-17(2)8-10-18)26-25(28)19-5-4-6-20(15-19)27-33(29,30)21-11-12-23-24(16-21)32-14-13-31-23/h4-12,15-16,22,27H,3,13-14H2,1-2H3,(H,26,28). The molecule has 8 heteroatoms. The van der Waals surface area contributed by atoms with Crippen molar-refractivity contribution in [1.82, 2.24) is 5.32 Å². The van der Waals surface area contributed by atoms with E-state index in [-0.39, 0.29) is 16.8 Å². The van der Waals surface area contributed by atoms with Crippen molar-refractivity contribution in [3.63, 3.8) is 0 Å². The van der Waals surface area contributed by atoms with E-state index in [0.717, 1.165) is 17.5 Å². The Morgan fingerprint density at radius 3 is 2.42 bits per heavy atom. The van der Waals surface area contributed by atoms with Crippen LogP contribution in [0.3, 0.4) is 0 Å². The number of aryl methyl sites for hydroxylation is 1. The van der Waals surface area contributed by atoms with E-state index >= 15 is 0 Å². The molecule has 0 aromatic heterocycles. The van der Waals surface area contributed by atoms with Gasteiger partial charge < -0.3 is 14.8 Å². The number of rotatable bonds is 7. The van der Waals surface area contributed by atoms with E-state index in [4.69, 9.17) is 9.47 Å². The van der Waals surface area contributed by atoms with Crippen LogP contribution in [0.15, 0.2) is 71.6 Å². The number of sulfonamides is 1. The Bertz CT molecular complexity index is 1260. The van der Waals surface area contributed by atoms with Crippen LogP contribution in [0.25, 0.3) is 0 Å². The Hall–Kier alpha value is -3.52. The molecular formula is C25H26N2O5S. The molecule has 1 aliphatic rings. The lowest BCUT2D eigenvalue weighted by Gasteiger charge is -2.19. The first-order valence-corrected chi connectivity index (χ1v) is 12.2. The van der Waals surface area contributed by atoms with Gasteiger partial charge in [0.15, 0.2) is 11.5 Å². The molecule has 172 valence electrons. The van der Waals surface area contributed by atoms with Crippen molar-refractivity contribution in [3.8, 4) is 11.5 Å². The summed E-state index contributed by atoms with van der Waals surface area (Å²) >= 11 is 0. The van der Waals surface area contributed by atoms with E-state index in [9.17, 15) is 13.2 Å². The maximum atomic E-state index is 12.9. The fourth-order valence-electron chi connectivity index (χ4n) is 3.59. The summed E-state index contributed by atoms with van der Waals surface area (Å²) in [5.41, 5.74) is 2.83. The quantitative estimate of drug-likeness (QED) is 0.537. The smallest absolute Gasteiger partial charge is 0.262 e. The summed E-state index contributed by atoms with van der Waals surface area (Å²) in [6.07, 6.45) is 0.727. The number of fused-ring (bicyclic) bond motifs is 1. The second kappa shape index (κ2) is 9.54. The molecule has 0 aliphatic carbocycles. The Balaban J connectivity index is 1.50. The number of carbonyl (C=O) groups is 1. The van der Waals surface area contributed by atoms with Gasteiger partial charge in [0.2, 0.25) is 0 Å². The lowest BCUT2D eigenvalue weighted by molar-refractivity contribution is 0.0935. The highest BCUT2D eigenvalue weighted by atomic mass is 32.2. The lowest BCUT2D eigenvalue weighted by atomic mass is 10.0. The number of benzene rings is 3. The Kier molecular flexibility index (Phi) is 6.55. The SMILES string of the molecule is CCC(NC(=O)c1cccc(NS(=O)(=O)c2ccc3c(c2)OCCO3)c1)c1ccc(C)cc1. The lowest BCUT2D eigenvalue weighted by Crippen LogP contribution is -2.28. The van der Waals surface area contributed by atoms with Crippen LogP contribution in [0.1, 0.15) is 40.9 Å². The summed E-state index contributed by atoms with van der Waals surface area (Å²) in [5.74, 6) is 0.625. The number of carbonyl (C=O) groups excluding carboxylic acids is 1. The van der Waals surface area contributed by atoms with Gasteiger partial charge in [-0.15, -0.1) is 0 Å². The van der Waals surface area contributed by atoms with E-state index in [1.165, 1.54) is 18.2 Å². The topological polar surface area (TPSA) is 93.7 Å². The largest absolute Gasteiger partial charge is 0.486 e. The third kappa shape index (κ3) is 5.28. The summed E-state index contributed by atoms with van der Waals surface area (Å²) < 4.78 is 39.3. The second-order valence-corrected chi connectivity index (χ2v) is 9.52. The first kappa shape index (κ1) is 22.7. The molecule has 4 rings (SSSR count). The number of anilines is 1. The summed E-state index contributed by atoms with van der Waals surface area (Å²) in [6, 6.07) is 18.8. The molecule has 1 unspecified atom stereocenters. The maximum Gasteiger partial charge on any atom is 0.262 e. The van der Waals surface area contributed by atoms with Gasteiger partial charge in [0, 0.05) is 17.3 Å². The normalized spacial score (nSPS) is 13.8. The first-order chi connectivity index (χ1) is 15.9. The van der Waals surface area contributed by atoms with Gasteiger partial charge in [-0.1, -0.05) is 42.8 Å². The molecule has 3 aromatic rings. The van der Waals surface area contributed by atoms with Crippen LogP contribution in [-0.4, -0.2) is 27.5 Å². The van der Waals surface area contributed by atoms with E-state index in [0.29, 0.717) is 36.0 Å². The Labute approximate surface area is 193 Å². The van der Waals surface area contributed by atoms with Gasteiger partial charge in [-0.3, -0.25) is 9.52 Å². The predicted octanol–water partition coefficient (Wildman–Crippen LogP) is 4.45. The molecule has 0 spiro atoms. The molecule has 0 saturated carbocycles. The highest BCUT2D eigenvalue weighted by Gasteiger charge is 2.20. The number of hydrogen-bond donors (Lipinski definition) is 2. The molecule has 0 saturated heterocycles. The summed E-state index contributed by atoms with van der Waals surface area (Å²) in [6.45, 7) is 4.81. The van der Waals surface area contributed by atoms with E-state index in [1.807, 2.05) is 38.1 Å². The number of amides is 1. The van der Waals surface area contributed by atoms with Crippen LogP contribution >= 0.6 is 0 Å². The van der Waals surface area contributed by atoms with E-state index in [1.54, 1.807) is 24.3 Å². The zero-order valence-corrected chi connectivity index (χ0v) is 19.3. The average Bonchev–Trinajstić information content (AvgIpc) is 2.82. The number of hydrogen-bond acceptors (Lipinski definition) is 5. The summed E-state index contributed by atoms with van der Waals surface area (Å²) in [7, 11) is -3.88. The van der Waals surface area contributed by atoms with Gasteiger partial charge in [-0.2, -0.15) is 0 Å². The van der Waals surface area contributed by atoms with Gasteiger partial charge in [0.1, 0.15) is 13.2 Å². The Morgan fingerprint density at radius 1 is 0.970 bits per heavy atom. The molecule has 0 bridgehead atoms. The van der Waals surface area contributed by atoms with Crippen LogP contribution in [0.2, 0.25) is 0 Å². The monoisotopic (exact) mass is 466 g/mol. The Morgan fingerprint density at radius 2 is 1.70 bits per heavy atom. The molecule has 1 amide bonds. The summed E-state index contributed by atoms with van der Waals surface area (Å²) in [5, 5.41) is 3.03. The second-order valence-electron chi connectivity index (χ2n) is 7.84. The molecule has 0 radical (unpaired) electrons. The zero-order valence-electron chi connectivity index (χ0n) is 18.5. The predicted molar refractivity (Wildman–Crippen MR) is 126 cm³/mol. The molecule has 7 nitrogen and oxygen atoms in total. The van der Waals surface area contributed by atoms with Gasteiger partial charge in [-0.25, -0.2) is 8.42 Å². The van der Waals surface area contributed by atoms with Crippen LogP contribution < -0.4 is 19.5 Å². The van der Waals surface area contributed by atoms with Crippen LogP contribution in [-0.2, 0) is 10.0 Å². The van der Waals surface area contributed by atoms with Crippen molar-refractivity contribution in [2.24, 2.45) is 0 Å². The van der Waals surface area contributed by atoms with Crippen molar-refractivity contribution in [1.29, 1.82) is 0 Å². The van der Waals surface area contributed by atoms with E-state index in [2.05, 4.69) is 10.0 Å². The minimum atomic E-state index is -3.88.